The first-order valence-electron chi connectivity index (χ1n) is 6.31. The average molecular weight is 251 g/mol. The minimum Gasteiger partial charge on any atom is -0.375 e. The van der Waals surface area contributed by atoms with Gasteiger partial charge >= 0.3 is 0 Å². The molecule has 0 spiro atoms. The van der Waals surface area contributed by atoms with Crippen molar-refractivity contribution in [1.82, 2.24) is 14.5 Å². The van der Waals surface area contributed by atoms with Crippen LogP contribution in [0.5, 0.6) is 0 Å². The molecule has 0 saturated carbocycles. The van der Waals surface area contributed by atoms with Crippen LogP contribution in [0.1, 0.15) is 12.7 Å². The number of nitrogens with zero attached hydrogens (tertiary/aromatic N) is 4. The Kier molecular flexibility index (Phi) is 4.19. The van der Waals surface area contributed by atoms with Crippen molar-refractivity contribution < 1.29 is 4.74 Å². The number of guanidine groups is 1. The third-order valence-electron chi connectivity index (χ3n) is 3.10. The molecule has 2 rings (SSSR count). The van der Waals surface area contributed by atoms with Crippen molar-refractivity contribution in [3.63, 3.8) is 0 Å². The number of imidazole rings is 1. The minimum atomic E-state index is 0.225. The van der Waals surface area contributed by atoms with E-state index in [1.54, 1.807) is 6.20 Å². The summed E-state index contributed by atoms with van der Waals surface area (Å²) in [5, 5.41) is 0. The zero-order valence-electron chi connectivity index (χ0n) is 11.0. The number of aliphatic imine (C=N–C) groups is 1. The van der Waals surface area contributed by atoms with Crippen molar-refractivity contribution in [3.05, 3.63) is 18.2 Å². The van der Waals surface area contributed by atoms with Crippen LogP contribution >= 0.6 is 0 Å². The summed E-state index contributed by atoms with van der Waals surface area (Å²) in [4.78, 5) is 10.7. The number of hydrogen-bond acceptors (Lipinski definition) is 3. The van der Waals surface area contributed by atoms with Gasteiger partial charge in [-0.1, -0.05) is 0 Å². The van der Waals surface area contributed by atoms with Gasteiger partial charge in [-0.15, -0.1) is 0 Å². The fraction of sp³-hybridized carbons (Fsp3) is 0.667. The first kappa shape index (κ1) is 12.9. The molecule has 0 aromatic carbocycles. The lowest BCUT2D eigenvalue weighted by Crippen LogP contribution is -2.48. The summed E-state index contributed by atoms with van der Waals surface area (Å²) in [5.41, 5.74) is 5.98. The molecule has 0 aliphatic carbocycles. The van der Waals surface area contributed by atoms with Crippen LogP contribution in [0.15, 0.2) is 17.4 Å². The van der Waals surface area contributed by atoms with Gasteiger partial charge in [0, 0.05) is 32.0 Å². The molecule has 2 heterocycles. The summed E-state index contributed by atoms with van der Waals surface area (Å²) >= 11 is 0. The van der Waals surface area contributed by atoms with Gasteiger partial charge in [0.2, 0.25) is 0 Å². The van der Waals surface area contributed by atoms with Crippen molar-refractivity contribution >= 4 is 5.96 Å². The molecule has 1 unspecified atom stereocenters. The van der Waals surface area contributed by atoms with Crippen molar-refractivity contribution in [2.75, 3.05) is 26.2 Å². The zero-order chi connectivity index (χ0) is 13.0. The molecule has 0 amide bonds. The molecule has 6 nitrogen and oxygen atoms in total. The molecule has 1 atom stereocenters. The highest BCUT2D eigenvalue weighted by Crippen LogP contribution is 2.03. The number of ether oxygens (including phenoxy) is 1. The van der Waals surface area contributed by atoms with E-state index < -0.39 is 0 Å². The van der Waals surface area contributed by atoms with Crippen molar-refractivity contribution in [2.24, 2.45) is 10.7 Å². The molecular formula is C12H21N5O. The lowest BCUT2D eigenvalue weighted by Gasteiger charge is -2.31. The van der Waals surface area contributed by atoms with E-state index in [1.165, 1.54) is 0 Å². The van der Waals surface area contributed by atoms with E-state index in [1.807, 2.05) is 20.0 Å². The largest absolute Gasteiger partial charge is 0.375 e. The molecule has 1 saturated heterocycles. The van der Waals surface area contributed by atoms with Gasteiger partial charge in [-0.25, -0.2) is 4.98 Å². The van der Waals surface area contributed by atoms with Crippen LogP contribution in [0.4, 0.5) is 0 Å². The fourth-order valence-corrected chi connectivity index (χ4v) is 2.04. The van der Waals surface area contributed by atoms with E-state index in [9.17, 15) is 0 Å². The Morgan fingerprint density at radius 3 is 3.17 bits per heavy atom. The van der Waals surface area contributed by atoms with Gasteiger partial charge in [0.25, 0.3) is 0 Å². The highest BCUT2D eigenvalue weighted by Gasteiger charge is 2.17. The van der Waals surface area contributed by atoms with Crippen LogP contribution in [0.2, 0.25) is 0 Å². The molecule has 0 radical (unpaired) electrons. The van der Waals surface area contributed by atoms with Crippen molar-refractivity contribution in [3.8, 4) is 0 Å². The van der Waals surface area contributed by atoms with Crippen LogP contribution in [0.25, 0.3) is 0 Å². The molecule has 18 heavy (non-hydrogen) atoms. The van der Waals surface area contributed by atoms with E-state index in [0.29, 0.717) is 12.5 Å². The molecule has 100 valence electrons. The van der Waals surface area contributed by atoms with Crippen LogP contribution in [0.3, 0.4) is 0 Å². The molecule has 1 aliphatic rings. The number of aromatic nitrogens is 2. The summed E-state index contributed by atoms with van der Waals surface area (Å²) in [5.74, 6) is 1.62. The zero-order valence-corrected chi connectivity index (χ0v) is 11.0. The molecule has 1 aromatic rings. The van der Waals surface area contributed by atoms with Gasteiger partial charge in [0.05, 0.1) is 19.3 Å². The summed E-state index contributed by atoms with van der Waals surface area (Å²) in [6, 6.07) is 0. The van der Waals surface area contributed by atoms with Crippen LogP contribution in [-0.4, -0.2) is 52.8 Å². The number of morpholine rings is 1. The maximum Gasteiger partial charge on any atom is 0.191 e. The lowest BCUT2D eigenvalue weighted by molar-refractivity contribution is 0.00529. The van der Waals surface area contributed by atoms with Gasteiger partial charge in [-0.3, -0.25) is 4.99 Å². The van der Waals surface area contributed by atoms with E-state index in [4.69, 9.17) is 10.5 Å². The van der Waals surface area contributed by atoms with Gasteiger partial charge < -0.3 is 19.9 Å². The second-order valence-corrected chi connectivity index (χ2v) is 4.54. The molecule has 1 aromatic heterocycles. The van der Waals surface area contributed by atoms with E-state index in [0.717, 1.165) is 32.1 Å². The van der Waals surface area contributed by atoms with Crippen LogP contribution in [-0.2, 0) is 11.3 Å². The quantitative estimate of drug-likeness (QED) is 0.616. The van der Waals surface area contributed by atoms with Gasteiger partial charge in [-0.2, -0.15) is 0 Å². The second-order valence-electron chi connectivity index (χ2n) is 4.54. The molecule has 1 aliphatic heterocycles. The Bertz CT molecular complexity index is 414. The summed E-state index contributed by atoms with van der Waals surface area (Å²) in [6.07, 6.45) is 3.98. The molecule has 2 N–H and O–H groups in total. The van der Waals surface area contributed by atoms with Crippen LogP contribution in [0, 0.1) is 6.92 Å². The maximum atomic E-state index is 5.98. The Morgan fingerprint density at radius 2 is 2.50 bits per heavy atom. The first-order valence-corrected chi connectivity index (χ1v) is 6.31. The summed E-state index contributed by atoms with van der Waals surface area (Å²) in [7, 11) is 0. The standard InChI is InChI=1S/C12H21N5O/c1-10-9-17(7-8-18-10)12(13)15-4-6-16-5-3-14-11(16)2/h3,5,10H,4,6-9H2,1-2H3,(H2,13,15). The molecule has 1 fully saturated rings. The molecule has 0 bridgehead atoms. The number of hydrogen-bond donors (Lipinski definition) is 1. The third-order valence-corrected chi connectivity index (χ3v) is 3.10. The smallest absolute Gasteiger partial charge is 0.191 e. The summed E-state index contributed by atoms with van der Waals surface area (Å²) < 4.78 is 7.54. The fourth-order valence-electron chi connectivity index (χ4n) is 2.04. The number of aryl methyl sites for hydroxylation is 1. The monoisotopic (exact) mass is 251 g/mol. The number of rotatable bonds is 3. The van der Waals surface area contributed by atoms with E-state index in [2.05, 4.69) is 19.4 Å². The SMILES string of the molecule is Cc1nccn1CCN=C(N)N1CCOC(C)C1. The van der Waals surface area contributed by atoms with Crippen molar-refractivity contribution in [2.45, 2.75) is 26.5 Å². The van der Waals surface area contributed by atoms with Gasteiger partial charge in [0.1, 0.15) is 5.82 Å². The molecular weight excluding hydrogens is 230 g/mol. The highest BCUT2D eigenvalue weighted by molar-refractivity contribution is 5.78. The molecule has 6 heteroatoms. The Labute approximate surface area is 107 Å². The van der Waals surface area contributed by atoms with E-state index >= 15 is 0 Å². The Hall–Kier alpha value is -1.56. The van der Waals surface area contributed by atoms with Gasteiger partial charge in [0.15, 0.2) is 5.96 Å². The third kappa shape index (κ3) is 3.22. The van der Waals surface area contributed by atoms with Crippen molar-refractivity contribution in [1.29, 1.82) is 0 Å². The maximum absolute atomic E-state index is 5.98. The minimum absolute atomic E-state index is 0.225. The highest BCUT2D eigenvalue weighted by atomic mass is 16.5. The summed E-state index contributed by atoms with van der Waals surface area (Å²) in [6.45, 7) is 7.88. The van der Waals surface area contributed by atoms with Gasteiger partial charge in [-0.05, 0) is 13.8 Å². The lowest BCUT2D eigenvalue weighted by atomic mass is 10.3. The Balaban J connectivity index is 1.83. The Morgan fingerprint density at radius 1 is 1.67 bits per heavy atom. The predicted octanol–water partition coefficient (Wildman–Crippen LogP) is 0.227. The normalized spacial score (nSPS) is 21.3. The predicted molar refractivity (Wildman–Crippen MR) is 70.4 cm³/mol. The number of nitrogens with two attached hydrogens (primary N) is 1. The second kappa shape index (κ2) is 5.86. The van der Waals surface area contributed by atoms with E-state index in [-0.39, 0.29) is 6.10 Å². The van der Waals surface area contributed by atoms with Crippen LogP contribution < -0.4 is 5.73 Å². The first-order chi connectivity index (χ1) is 8.66. The topological polar surface area (TPSA) is 68.7 Å². The average Bonchev–Trinajstić information content (AvgIpc) is 2.75.